The zero-order valence-corrected chi connectivity index (χ0v) is 18.3. The van der Waals surface area contributed by atoms with E-state index in [0.717, 1.165) is 11.3 Å². The van der Waals surface area contributed by atoms with Crippen molar-refractivity contribution in [2.45, 2.75) is 20.0 Å². The Morgan fingerprint density at radius 3 is 2.21 bits per heavy atom. The van der Waals surface area contributed by atoms with Gasteiger partial charge in [-0.2, -0.15) is 0 Å². The molecule has 166 valence electrons. The third-order valence-corrected chi connectivity index (χ3v) is 4.69. The molecule has 0 fully saturated rings. The molecule has 0 saturated carbocycles. The largest absolute Gasteiger partial charge is 0.481 e. The molecule has 0 aliphatic rings. The SMILES string of the molecule is Cc1ccnc(Nc2cc(Nc3ccc(NC(=O)C(C)Oc4ccccc4)cc3)ncn2)c1. The normalized spacial score (nSPS) is 11.3. The highest BCUT2D eigenvalue weighted by molar-refractivity contribution is 5.94. The molecular weight excluding hydrogens is 416 g/mol. The summed E-state index contributed by atoms with van der Waals surface area (Å²) in [5, 5.41) is 9.26. The van der Waals surface area contributed by atoms with Crippen LogP contribution in [0, 0.1) is 6.92 Å². The number of hydrogen-bond acceptors (Lipinski definition) is 7. The lowest BCUT2D eigenvalue weighted by atomic mass is 10.2. The molecule has 3 N–H and O–H groups in total. The summed E-state index contributed by atoms with van der Waals surface area (Å²) in [4.78, 5) is 25.2. The van der Waals surface area contributed by atoms with E-state index in [9.17, 15) is 4.79 Å². The summed E-state index contributed by atoms with van der Waals surface area (Å²) < 4.78 is 5.66. The van der Waals surface area contributed by atoms with Crippen LogP contribution in [0.2, 0.25) is 0 Å². The highest BCUT2D eigenvalue weighted by Crippen LogP contribution is 2.21. The summed E-state index contributed by atoms with van der Waals surface area (Å²) in [5.74, 6) is 2.39. The number of aromatic nitrogens is 3. The number of pyridine rings is 1. The number of para-hydroxylation sites is 1. The van der Waals surface area contributed by atoms with E-state index in [0.29, 0.717) is 28.9 Å². The Bertz CT molecular complexity index is 1220. The first-order valence-corrected chi connectivity index (χ1v) is 10.5. The maximum Gasteiger partial charge on any atom is 0.265 e. The first-order valence-electron chi connectivity index (χ1n) is 10.5. The smallest absolute Gasteiger partial charge is 0.265 e. The Labute approximate surface area is 192 Å². The zero-order chi connectivity index (χ0) is 23.0. The molecule has 2 heterocycles. The van der Waals surface area contributed by atoms with Crippen molar-refractivity contribution in [3.8, 4) is 5.75 Å². The molecule has 8 nitrogen and oxygen atoms in total. The van der Waals surface area contributed by atoms with E-state index >= 15 is 0 Å². The zero-order valence-electron chi connectivity index (χ0n) is 18.3. The van der Waals surface area contributed by atoms with E-state index in [1.54, 1.807) is 19.2 Å². The monoisotopic (exact) mass is 440 g/mol. The van der Waals surface area contributed by atoms with E-state index in [1.165, 1.54) is 6.33 Å². The van der Waals surface area contributed by atoms with Crippen LogP contribution < -0.4 is 20.7 Å². The summed E-state index contributed by atoms with van der Waals surface area (Å²) in [5.41, 5.74) is 2.60. The average molecular weight is 441 g/mol. The number of nitrogens with one attached hydrogen (secondary N) is 3. The van der Waals surface area contributed by atoms with E-state index in [1.807, 2.05) is 73.7 Å². The highest BCUT2D eigenvalue weighted by Gasteiger charge is 2.14. The van der Waals surface area contributed by atoms with Gasteiger partial charge >= 0.3 is 0 Å². The number of rotatable bonds is 8. The number of ether oxygens (including phenoxy) is 1. The van der Waals surface area contributed by atoms with Crippen molar-refractivity contribution in [1.29, 1.82) is 0 Å². The molecule has 0 aliphatic carbocycles. The quantitative estimate of drug-likeness (QED) is 0.351. The summed E-state index contributed by atoms with van der Waals surface area (Å²) in [7, 11) is 0. The van der Waals surface area contributed by atoms with Gasteiger partial charge in [-0.1, -0.05) is 18.2 Å². The van der Waals surface area contributed by atoms with Gasteiger partial charge in [0.25, 0.3) is 5.91 Å². The molecule has 8 heteroatoms. The van der Waals surface area contributed by atoms with Crippen LogP contribution in [0.3, 0.4) is 0 Å². The molecule has 0 aliphatic heterocycles. The number of carbonyl (C=O) groups is 1. The third-order valence-electron chi connectivity index (χ3n) is 4.69. The molecule has 2 aromatic carbocycles. The van der Waals surface area contributed by atoms with Crippen LogP contribution in [0.1, 0.15) is 12.5 Å². The Hall–Kier alpha value is -4.46. The van der Waals surface area contributed by atoms with E-state index in [4.69, 9.17) is 4.74 Å². The maximum absolute atomic E-state index is 12.4. The second kappa shape index (κ2) is 10.2. The molecule has 0 radical (unpaired) electrons. The fraction of sp³-hybridized carbons (Fsp3) is 0.120. The van der Waals surface area contributed by atoms with Gasteiger partial charge in [-0.15, -0.1) is 0 Å². The molecular formula is C25H24N6O2. The number of anilines is 5. The van der Waals surface area contributed by atoms with Crippen LogP contribution in [-0.4, -0.2) is 27.0 Å². The molecule has 2 aromatic heterocycles. The molecule has 33 heavy (non-hydrogen) atoms. The van der Waals surface area contributed by atoms with Crippen molar-refractivity contribution in [3.05, 3.63) is 90.9 Å². The fourth-order valence-corrected chi connectivity index (χ4v) is 3.02. The Morgan fingerprint density at radius 1 is 0.818 bits per heavy atom. The van der Waals surface area contributed by atoms with Crippen LogP contribution in [0.25, 0.3) is 0 Å². The fourth-order valence-electron chi connectivity index (χ4n) is 3.02. The van der Waals surface area contributed by atoms with Gasteiger partial charge in [0, 0.05) is 23.6 Å². The number of aryl methyl sites for hydroxylation is 1. The van der Waals surface area contributed by atoms with Crippen molar-refractivity contribution in [1.82, 2.24) is 15.0 Å². The molecule has 4 aromatic rings. The van der Waals surface area contributed by atoms with Crippen LogP contribution in [0.4, 0.5) is 28.8 Å². The molecule has 0 bridgehead atoms. The van der Waals surface area contributed by atoms with Gasteiger partial charge in [0.15, 0.2) is 6.10 Å². The lowest BCUT2D eigenvalue weighted by molar-refractivity contribution is -0.122. The van der Waals surface area contributed by atoms with E-state index in [-0.39, 0.29) is 5.91 Å². The van der Waals surface area contributed by atoms with Crippen LogP contribution in [-0.2, 0) is 4.79 Å². The maximum atomic E-state index is 12.4. The predicted molar refractivity (Wildman–Crippen MR) is 129 cm³/mol. The molecule has 0 saturated heterocycles. The van der Waals surface area contributed by atoms with Crippen molar-refractivity contribution in [3.63, 3.8) is 0 Å². The Balaban J connectivity index is 1.34. The van der Waals surface area contributed by atoms with Crippen LogP contribution >= 0.6 is 0 Å². The summed E-state index contributed by atoms with van der Waals surface area (Å²) in [6, 6.07) is 22.3. The van der Waals surface area contributed by atoms with Crippen molar-refractivity contribution < 1.29 is 9.53 Å². The molecule has 1 atom stereocenters. The van der Waals surface area contributed by atoms with Crippen LogP contribution in [0.15, 0.2) is 85.3 Å². The number of carbonyl (C=O) groups excluding carboxylic acids is 1. The summed E-state index contributed by atoms with van der Waals surface area (Å²) in [6.07, 6.45) is 2.59. The summed E-state index contributed by atoms with van der Waals surface area (Å²) >= 11 is 0. The molecule has 1 unspecified atom stereocenters. The molecule has 1 amide bonds. The van der Waals surface area contributed by atoms with E-state index in [2.05, 4.69) is 30.9 Å². The van der Waals surface area contributed by atoms with Gasteiger partial charge in [0.05, 0.1) is 0 Å². The number of benzene rings is 2. The first-order chi connectivity index (χ1) is 16.0. The van der Waals surface area contributed by atoms with Crippen molar-refractivity contribution >= 4 is 34.7 Å². The predicted octanol–water partition coefficient (Wildman–Crippen LogP) is 5.07. The topological polar surface area (TPSA) is 101 Å². The van der Waals surface area contributed by atoms with Gasteiger partial charge in [-0.3, -0.25) is 4.79 Å². The number of hydrogen-bond donors (Lipinski definition) is 3. The highest BCUT2D eigenvalue weighted by atomic mass is 16.5. The second-order valence-corrected chi connectivity index (χ2v) is 7.40. The van der Waals surface area contributed by atoms with E-state index < -0.39 is 6.10 Å². The van der Waals surface area contributed by atoms with Crippen molar-refractivity contribution in [2.24, 2.45) is 0 Å². The van der Waals surface area contributed by atoms with Gasteiger partial charge in [-0.05, 0) is 67.9 Å². The average Bonchev–Trinajstić information content (AvgIpc) is 2.81. The number of nitrogens with zero attached hydrogens (tertiary/aromatic N) is 3. The van der Waals surface area contributed by atoms with Gasteiger partial charge < -0.3 is 20.7 Å². The minimum Gasteiger partial charge on any atom is -0.481 e. The summed E-state index contributed by atoms with van der Waals surface area (Å²) in [6.45, 7) is 3.72. The van der Waals surface area contributed by atoms with Crippen LogP contribution in [0.5, 0.6) is 5.75 Å². The van der Waals surface area contributed by atoms with Gasteiger partial charge in [-0.25, -0.2) is 15.0 Å². The first kappa shape index (κ1) is 21.8. The molecule has 4 rings (SSSR count). The third kappa shape index (κ3) is 6.27. The standard InChI is InChI=1S/C25H24N6O2/c1-17-12-13-26-22(14-17)31-24-15-23(27-16-28-24)29-19-8-10-20(11-9-19)30-25(32)18(2)33-21-6-4-3-5-7-21/h3-16,18H,1-2H3,(H,30,32)(H2,26,27,28,29,31). The lowest BCUT2D eigenvalue weighted by Gasteiger charge is -2.15. The van der Waals surface area contributed by atoms with Gasteiger partial charge in [0.1, 0.15) is 29.5 Å². The Kier molecular flexibility index (Phi) is 6.75. The minimum absolute atomic E-state index is 0.226. The molecule has 0 spiro atoms. The van der Waals surface area contributed by atoms with Gasteiger partial charge in [0.2, 0.25) is 0 Å². The van der Waals surface area contributed by atoms with Crippen molar-refractivity contribution in [2.75, 3.05) is 16.0 Å². The number of amides is 1. The lowest BCUT2D eigenvalue weighted by Crippen LogP contribution is -2.30. The Morgan fingerprint density at radius 2 is 1.48 bits per heavy atom. The second-order valence-electron chi connectivity index (χ2n) is 7.40. The minimum atomic E-state index is -0.625.